The van der Waals surface area contributed by atoms with Gasteiger partial charge in [0.2, 0.25) is 0 Å². The van der Waals surface area contributed by atoms with Crippen LogP contribution in [-0.2, 0) is 6.54 Å². The van der Waals surface area contributed by atoms with Gasteiger partial charge in [-0.2, -0.15) is 0 Å². The van der Waals surface area contributed by atoms with Crippen LogP contribution in [-0.4, -0.2) is 46.6 Å². The molecule has 0 amide bonds. The first-order valence-electron chi connectivity index (χ1n) is 8.82. The molecule has 5 nitrogen and oxygen atoms in total. The van der Waals surface area contributed by atoms with Gasteiger partial charge in [0.15, 0.2) is 10.9 Å². The molecule has 0 saturated carbocycles. The molecule has 0 spiro atoms. The second-order valence-corrected chi connectivity index (χ2v) is 8.88. The number of carbonyl (C=O) groups is 1. The van der Waals surface area contributed by atoms with E-state index in [1.54, 1.807) is 10.6 Å². The maximum Gasteiger partial charge on any atom is 0.262 e. The molecule has 0 aliphatic heterocycles. The number of ketones is 1. The lowest BCUT2D eigenvalue weighted by Gasteiger charge is -2.14. The Hall–Kier alpha value is -1.96. The molecule has 3 rings (SSSR count). The van der Waals surface area contributed by atoms with Crippen molar-refractivity contribution >= 4 is 39.8 Å². The van der Waals surface area contributed by atoms with E-state index in [9.17, 15) is 9.59 Å². The Labute approximate surface area is 167 Å². The molecule has 0 N–H and O–H groups in total. The Balaban J connectivity index is 1.87. The number of Topliss-reactive ketones (excluding diaryl/α,β-unsaturated/α-hetero) is 1. The Kier molecular flexibility index (Phi) is 6.46. The molecule has 0 radical (unpaired) electrons. The van der Waals surface area contributed by atoms with E-state index >= 15 is 0 Å². The molecule has 142 valence electrons. The van der Waals surface area contributed by atoms with Gasteiger partial charge in [0.1, 0.15) is 0 Å². The number of aromatic nitrogens is 2. The molecule has 0 aliphatic carbocycles. The largest absolute Gasteiger partial charge is 0.309 e. The molecule has 2 aromatic heterocycles. The molecular formula is C20H23N3O2S2. The van der Waals surface area contributed by atoms with Crippen LogP contribution in [0.25, 0.3) is 10.9 Å². The molecule has 0 atom stereocenters. The highest BCUT2D eigenvalue weighted by atomic mass is 32.2. The van der Waals surface area contributed by atoms with Crippen LogP contribution in [0.2, 0.25) is 0 Å². The zero-order valence-corrected chi connectivity index (χ0v) is 17.4. The van der Waals surface area contributed by atoms with Gasteiger partial charge < -0.3 is 4.90 Å². The number of aryl methyl sites for hydroxylation is 1. The molecule has 1 aromatic carbocycles. The van der Waals surface area contributed by atoms with Crippen LogP contribution in [0.5, 0.6) is 0 Å². The first kappa shape index (κ1) is 19.8. The summed E-state index contributed by atoms with van der Waals surface area (Å²) in [4.78, 5) is 34.0. The fourth-order valence-electron chi connectivity index (χ4n) is 2.79. The summed E-state index contributed by atoms with van der Waals surface area (Å²) in [6.45, 7) is 3.46. The lowest BCUT2D eigenvalue weighted by atomic mass is 10.2. The molecular weight excluding hydrogens is 378 g/mol. The summed E-state index contributed by atoms with van der Waals surface area (Å²) in [6.07, 6.45) is 0.846. The topological polar surface area (TPSA) is 55.2 Å². The van der Waals surface area contributed by atoms with Gasteiger partial charge in [0.05, 0.1) is 21.5 Å². The van der Waals surface area contributed by atoms with Crippen LogP contribution in [0, 0.1) is 6.92 Å². The highest BCUT2D eigenvalue weighted by molar-refractivity contribution is 7.99. The summed E-state index contributed by atoms with van der Waals surface area (Å²) in [5.74, 6) is 0.346. The summed E-state index contributed by atoms with van der Waals surface area (Å²) in [6, 6.07) is 11.2. The van der Waals surface area contributed by atoms with E-state index in [-0.39, 0.29) is 17.1 Å². The van der Waals surface area contributed by atoms with E-state index in [2.05, 4.69) is 9.88 Å². The van der Waals surface area contributed by atoms with Gasteiger partial charge in [-0.3, -0.25) is 14.2 Å². The minimum atomic E-state index is -0.0405. The van der Waals surface area contributed by atoms with Crippen LogP contribution in [0.4, 0.5) is 0 Å². The first-order chi connectivity index (χ1) is 13.0. The van der Waals surface area contributed by atoms with Gasteiger partial charge in [-0.1, -0.05) is 23.9 Å². The molecule has 0 unspecified atom stereocenters. The zero-order chi connectivity index (χ0) is 19.4. The standard InChI is InChI=1S/C20H23N3O2S2/c1-14-9-10-18(27-14)17(24)13-26-20-21-16-8-5-4-7-15(16)19(25)23(20)12-6-11-22(2)3/h4-5,7-10H,6,11-13H2,1-3H3. The predicted molar refractivity (Wildman–Crippen MR) is 113 cm³/mol. The van der Waals surface area contributed by atoms with Crippen molar-refractivity contribution in [2.24, 2.45) is 0 Å². The SMILES string of the molecule is Cc1ccc(C(=O)CSc2nc3ccccc3c(=O)n2CCCN(C)C)s1. The Morgan fingerprint density at radius 2 is 2.00 bits per heavy atom. The second-order valence-electron chi connectivity index (χ2n) is 6.65. The number of fused-ring (bicyclic) bond motifs is 1. The van der Waals surface area contributed by atoms with E-state index in [1.165, 1.54) is 23.1 Å². The lowest BCUT2D eigenvalue weighted by Crippen LogP contribution is -2.25. The number of nitrogens with zero attached hydrogens (tertiary/aromatic N) is 3. The number of rotatable bonds is 8. The third-order valence-electron chi connectivity index (χ3n) is 4.16. The monoisotopic (exact) mass is 401 g/mol. The van der Waals surface area contributed by atoms with Crippen molar-refractivity contribution in [2.75, 3.05) is 26.4 Å². The summed E-state index contributed by atoms with van der Waals surface area (Å²) in [5.41, 5.74) is 0.634. The van der Waals surface area contributed by atoms with Crippen molar-refractivity contribution in [3.05, 3.63) is 56.5 Å². The molecule has 0 fully saturated rings. The smallest absolute Gasteiger partial charge is 0.262 e. The Morgan fingerprint density at radius 1 is 1.22 bits per heavy atom. The number of para-hydroxylation sites is 1. The van der Waals surface area contributed by atoms with Crippen LogP contribution in [0.1, 0.15) is 21.0 Å². The van der Waals surface area contributed by atoms with Gasteiger partial charge in [-0.25, -0.2) is 4.98 Å². The third-order valence-corrected chi connectivity index (χ3v) is 6.18. The van der Waals surface area contributed by atoms with Crippen molar-refractivity contribution in [1.29, 1.82) is 0 Å². The number of hydrogen-bond acceptors (Lipinski definition) is 6. The predicted octanol–water partition coefficient (Wildman–Crippen LogP) is 3.69. The van der Waals surface area contributed by atoms with Crippen LogP contribution < -0.4 is 5.56 Å². The number of hydrogen-bond donors (Lipinski definition) is 0. The Bertz CT molecular complexity index is 1010. The highest BCUT2D eigenvalue weighted by Crippen LogP contribution is 2.22. The lowest BCUT2D eigenvalue weighted by molar-refractivity contribution is 0.102. The van der Waals surface area contributed by atoms with E-state index in [0.29, 0.717) is 22.6 Å². The molecule has 7 heteroatoms. The molecule has 2 heterocycles. The minimum absolute atomic E-state index is 0.0405. The fraction of sp³-hybridized carbons (Fsp3) is 0.350. The quantitative estimate of drug-likeness (QED) is 0.327. The van der Waals surface area contributed by atoms with Gasteiger partial charge in [-0.15, -0.1) is 11.3 Å². The van der Waals surface area contributed by atoms with Crippen LogP contribution in [0.15, 0.2) is 46.3 Å². The van der Waals surface area contributed by atoms with E-state index in [0.717, 1.165) is 22.7 Å². The Morgan fingerprint density at radius 3 is 2.70 bits per heavy atom. The number of thiophene rings is 1. The van der Waals surface area contributed by atoms with Crippen molar-refractivity contribution < 1.29 is 4.79 Å². The van der Waals surface area contributed by atoms with E-state index < -0.39 is 0 Å². The molecule has 0 aliphatic rings. The summed E-state index contributed by atoms with van der Waals surface area (Å²) in [7, 11) is 4.03. The van der Waals surface area contributed by atoms with Gasteiger partial charge in [0, 0.05) is 11.4 Å². The second kappa shape index (κ2) is 8.82. The number of thioether (sulfide) groups is 1. The molecule has 0 saturated heterocycles. The summed E-state index contributed by atoms with van der Waals surface area (Å²) < 4.78 is 1.71. The normalized spacial score (nSPS) is 11.4. The number of benzene rings is 1. The van der Waals surface area contributed by atoms with Crippen molar-refractivity contribution in [2.45, 2.75) is 25.0 Å². The van der Waals surface area contributed by atoms with Crippen LogP contribution >= 0.6 is 23.1 Å². The summed E-state index contributed by atoms with van der Waals surface area (Å²) >= 11 is 2.84. The van der Waals surface area contributed by atoms with Crippen molar-refractivity contribution in [3.63, 3.8) is 0 Å². The van der Waals surface area contributed by atoms with E-state index in [4.69, 9.17) is 0 Å². The third kappa shape index (κ3) is 4.86. The highest BCUT2D eigenvalue weighted by Gasteiger charge is 2.15. The minimum Gasteiger partial charge on any atom is -0.309 e. The van der Waals surface area contributed by atoms with E-state index in [1.807, 2.05) is 51.4 Å². The fourth-order valence-corrected chi connectivity index (χ4v) is 4.59. The van der Waals surface area contributed by atoms with Crippen molar-refractivity contribution in [3.8, 4) is 0 Å². The van der Waals surface area contributed by atoms with Crippen molar-refractivity contribution in [1.82, 2.24) is 14.5 Å². The maximum atomic E-state index is 13.0. The first-order valence-corrected chi connectivity index (χ1v) is 10.6. The van der Waals surface area contributed by atoms with Gasteiger partial charge >= 0.3 is 0 Å². The molecule has 3 aromatic rings. The zero-order valence-electron chi connectivity index (χ0n) is 15.8. The average Bonchev–Trinajstić information content (AvgIpc) is 3.08. The van der Waals surface area contributed by atoms with Crippen LogP contribution in [0.3, 0.4) is 0 Å². The maximum absolute atomic E-state index is 13.0. The number of carbonyl (C=O) groups excluding carboxylic acids is 1. The van der Waals surface area contributed by atoms with Gasteiger partial charge in [-0.05, 0) is 58.3 Å². The molecule has 27 heavy (non-hydrogen) atoms. The summed E-state index contributed by atoms with van der Waals surface area (Å²) in [5, 5.41) is 1.23. The van der Waals surface area contributed by atoms with Gasteiger partial charge in [0.25, 0.3) is 5.56 Å². The molecule has 0 bridgehead atoms. The average molecular weight is 402 g/mol.